The molecule has 2 aromatic rings. The van der Waals surface area contributed by atoms with Gasteiger partial charge in [0.15, 0.2) is 0 Å². The van der Waals surface area contributed by atoms with E-state index in [0.717, 1.165) is 5.56 Å². The summed E-state index contributed by atoms with van der Waals surface area (Å²) in [5.74, 6) is -1.25. The highest BCUT2D eigenvalue weighted by atomic mass is 35.5. The number of halogens is 1. The molecule has 2 N–H and O–H groups in total. The molecule has 2 amide bonds. The number of aromatic nitrogens is 1. The molecule has 3 atom stereocenters. The zero-order valence-electron chi connectivity index (χ0n) is 21.9. The number of aliphatic carboxylic acids is 1. The lowest BCUT2D eigenvalue weighted by Gasteiger charge is -2.35. The van der Waals surface area contributed by atoms with Crippen molar-refractivity contribution in [2.75, 3.05) is 6.54 Å². The maximum Gasteiger partial charge on any atom is 0.408 e. The van der Waals surface area contributed by atoms with Gasteiger partial charge in [-0.05, 0) is 26.2 Å². The maximum atomic E-state index is 13.6. The van der Waals surface area contributed by atoms with Crippen LogP contribution in [0.25, 0.3) is 11.3 Å². The number of carboxylic acids is 1. The average molecular weight is 532 g/mol. The first-order chi connectivity index (χ1) is 17.1. The quantitative estimate of drug-likeness (QED) is 0.515. The second-order valence-corrected chi connectivity index (χ2v) is 11.5. The number of ether oxygens (including phenoxy) is 2. The number of nitrogens with one attached hydrogen (secondary N) is 1. The van der Waals surface area contributed by atoms with Crippen molar-refractivity contribution in [3.8, 4) is 17.0 Å². The van der Waals surface area contributed by atoms with Crippen molar-refractivity contribution in [2.24, 2.45) is 5.41 Å². The van der Waals surface area contributed by atoms with Crippen LogP contribution in [-0.2, 0) is 14.3 Å². The summed E-state index contributed by atoms with van der Waals surface area (Å²) >= 11 is 6.23. The number of carbonyl (C=O) groups excluding carboxylic acids is 2. The van der Waals surface area contributed by atoms with E-state index in [1.54, 1.807) is 53.7 Å². The Kier molecular flexibility index (Phi) is 8.37. The number of carbonyl (C=O) groups is 3. The molecule has 1 aliphatic rings. The number of hydrogen-bond donors (Lipinski definition) is 2. The fourth-order valence-corrected chi connectivity index (χ4v) is 4.29. The molecule has 0 aliphatic carbocycles. The molecule has 1 aliphatic heterocycles. The molecule has 1 aromatic heterocycles. The van der Waals surface area contributed by atoms with Gasteiger partial charge in [0.25, 0.3) is 0 Å². The van der Waals surface area contributed by atoms with Crippen molar-refractivity contribution in [1.29, 1.82) is 0 Å². The largest absolute Gasteiger partial charge is 0.488 e. The van der Waals surface area contributed by atoms with E-state index in [-0.39, 0.29) is 18.1 Å². The third-order valence-corrected chi connectivity index (χ3v) is 5.94. The SMILES string of the molecule is CC(C)(C)OC(=O)NC(C(=O)N1CC(Oc2cc(Cl)nc(-c3ccccc3)c2)CC1C(=O)O)C(C)(C)C. The van der Waals surface area contributed by atoms with Gasteiger partial charge in [0.05, 0.1) is 12.2 Å². The van der Waals surface area contributed by atoms with Gasteiger partial charge in [0, 0.05) is 24.1 Å². The zero-order chi connectivity index (χ0) is 27.5. The molecule has 9 nitrogen and oxygen atoms in total. The Hall–Kier alpha value is -3.33. The highest BCUT2D eigenvalue weighted by Gasteiger charge is 2.46. The Morgan fingerprint density at radius 3 is 2.32 bits per heavy atom. The summed E-state index contributed by atoms with van der Waals surface area (Å²) < 4.78 is 11.4. The molecule has 0 bridgehead atoms. The van der Waals surface area contributed by atoms with Gasteiger partial charge < -0.3 is 24.8 Å². The second kappa shape index (κ2) is 11.0. The maximum absolute atomic E-state index is 13.6. The summed E-state index contributed by atoms with van der Waals surface area (Å²) in [6, 6.07) is 10.6. The highest BCUT2D eigenvalue weighted by Crippen LogP contribution is 2.31. The fraction of sp³-hybridized carbons (Fsp3) is 0.481. The predicted molar refractivity (Wildman–Crippen MR) is 139 cm³/mol. The Morgan fingerprint density at radius 1 is 1.11 bits per heavy atom. The van der Waals surface area contributed by atoms with Gasteiger partial charge in [-0.15, -0.1) is 0 Å². The number of rotatable bonds is 6. The van der Waals surface area contributed by atoms with Gasteiger partial charge in [0.1, 0.15) is 34.7 Å². The molecule has 37 heavy (non-hydrogen) atoms. The van der Waals surface area contributed by atoms with Crippen molar-refractivity contribution in [2.45, 2.75) is 71.8 Å². The van der Waals surface area contributed by atoms with E-state index >= 15 is 0 Å². The molecule has 200 valence electrons. The van der Waals surface area contributed by atoms with Crippen molar-refractivity contribution in [3.63, 3.8) is 0 Å². The summed E-state index contributed by atoms with van der Waals surface area (Å²) in [6.45, 7) is 10.6. The van der Waals surface area contributed by atoms with E-state index in [2.05, 4.69) is 10.3 Å². The minimum Gasteiger partial charge on any atom is -0.488 e. The van der Waals surface area contributed by atoms with E-state index in [1.807, 2.05) is 30.3 Å². The molecular formula is C27H34ClN3O6. The predicted octanol–water partition coefficient (Wildman–Crippen LogP) is 4.77. The number of hydrogen-bond acceptors (Lipinski definition) is 6. The molecule has 1 aromatic carbocycles. The molecule has 10 heteroatoms. The Labute approximate surface area is 222 Å². The Morgan fingerprint density at radius 2 is 1.76 bits per heavy atom. The average Bonchev–Trinajstić information content (AvgIpc) is 3.19. The van der Waals surface area contributed by atoms with Gasteiger partial charge in [-0.1, -0.05) is 62.7 Å². The van der Waals surface area contributed by atoms with E-state index in [1.165, 1.54) is 4.90 Å². The monoisotopic (exact) mass is 531 g/mol. The summed E-state index contributed by atoms with van der Waals surface area (Å²) in [7, 11) is 0. The van der Waals surface area contributed by atoms with Crippen molar-refractivity contribution < 1.29 is 29.0 Å². The van der Waals surface area contributed by atoms with Gasteiger partial charge in [-0.25, -0.2) is 14.6 Å². The normalized spacial score (nSPS) is 18.7. The minimum atomic E-state index is -1.15. The number of alkyl carbamates (subject to hydrolysis) is 1. The van der Waals surface area contributed by atoms with Crippen molar-refractivity contribution >= 4 is 29.6 Å². The van der Waals surface area contributed by atoms with Crippen LogP contribution in [0.3, 0.4) is 0 Å². The first-order valence-electron chi connectivity index (χ1n) is 12.1. The van der Waals surface area contributed by atoms with Gasteiger partial charge in [0.2, 0.25) is 5.91 Å². The smallest absolute Gasteiger partial charge is 0.408 e. The number of benzene rings is 1. The lowest BCUT2D eigenvalue weighted by molar-refractivity contribution is -0.150. The van der Waals surface area contributed by atoms with E-state index in [0.29, 0.717) is 11.4 Å². The van der Waals surface area contributed by atoms with Crippen LogP contribution in [0.15, 0.2) is 42.5 Å². The van der Waals surface area contributed by atoms with Crippen LogP contribution in [0.2, 0.25) is 5.15 Å². The summed E-state index contributed by atoms with van der Waals surface area (Å²) in [5, 5.41) is 12.7. The number of pyridine rings is 1. The highest BCUT2D eigenvalue weighted by molar-refractivity contribution is 6.29. The van der Waals surface area contributed by atoms with Crippen LogP contribution in [0.4, 0.5) is 4.79 Å². The molecule has 3 rings (SSSR count). The zero-order valence-corrected chi connectivity index (χ0v) is 22.7. The molecule has 2 heterocycles. The Bertz CT molecular complexity index is 1140. The van der Waals surface area contributed by atoms with Gasteiger partial charge in [-0.2, -0.15) is 0 Å². The first kappa shape index (κ1) is 28.2. The summed E-state index contributed by atoms with van der Waals surface area (Å²) in [6.07, 6.45) is -1.28. The molecule has 3 unspecified atom stereocenters. The minimum absolute atomic E-state index is 0.0268. The molecule has 0 spiro atoms. The van der Waals surface area contributed by atoms with E-state index in [9.17, 15) is 19.5 Å². The molecule has 1 saturated heterocycles. The van der Waals surface area contributed by atoms with Crippen molar-refractivity contribution in [3.05, 3.63) is 47.6 Å². The standard InChI is InChI=1S/C27H34ClN3O6/c1-26(2,3)22(30-25(35)37-27(4,5)6)23(32)31-15-18(13-20(31)24(33)34)36-17-12-19(29-21(28)14-17)16-10-8-7-9-11-16/h7-12,14,18,20,22H,13,15H2,1-6H3,(H,30,35)(H,33,34). The van der Waals surface area contributed by atoms with E-state index < -0.39 is 47.2 Å². The van der Waals surface area contributed by atoms with Crippen LogP contribution in [0, 0.1) is 5.41 Å². The van der Waals surface area contributed by atoms with Crippen LogP contribution in [-0.4, -0.2) is 63.3 Å². The van der Waals surface area contributed by atoms with Crippen LogP contribution in [0.5, 0.6) is 5.75 Å². The van der Waals surface area contributed by atoms with Crippen LogP contribution >= 0.6 is 11.6 Å². The third-order valence-electron chi connectivity index (χ3n) is 5.74. The van der Waals surface area contributed by atoms with E-state index in [4.69, 9.17) is 21.1 Å². The lowest BCUT2D eigenvalue weighted by atomic mass is 9.85. The fourth-order valence-electron chi connectivity index (χ4n) is 4.09. The second-order valence-electron chi connectivity index (χ2n) is 11.1. The topological polar surface area (TPSA) is 118 Å². The molecular weight excluding hydrogens is 498 g/mol. The van der Waals surface area contributed by atoms with Gasteiger partial charge >= 0.3 is 12.1 Å². The lowest BCUT2D eigenvalue weighted by Crippen LogP contribution is -2.57. The number of likely N-dealkylation sites (tertiary alicyclic amines) is 1. The van der Waals surface area contributed by atoms with Crippen molar-refractivity contribution in [1.82, 2.24) is 15.2 Å². The number of carboxylic acid groups (broad SMARTS) is 1. The summed E-state index contributed by atoms with van der Waals surface area (Å²) in [5.41, 5.74) is -0.00378. The van der Waals surface area contributed by atoms with Gasteiger partial charge in [-0.3, -0.25) is 4.79 Å². The Balaban J connectivity index is 1.81. The summed E-state index contributed by atoms with van der Waals surface area (Å²) in [4.78, 5) is 43.8. The number of amides is 2. The molecule has 1 fully saturated rings. The molecule has 0 saturated carbocycles. The molecule has 0 radical (unpaired) electrons. The number of nitrogens with zero attached hydrogens (tertiary/aromatic N) is 2. The van der Waals surface area contributed by atoms with Crippen LogP contribution < -0.4 is 10.1 Å². The first-order valence-corrected chi connectivity index (χ1v) is 12.4. The third kappa shape index (κ3) is 7.58. The van der Waals surface area contributed by atoms with Crippen LogP contribution in [0.1, 0.15) is 48.0 Å².